The van der Waals surface area contributed by atoms with Crippen molar-refractivity contribution in [3.8, 4) is 5.75 Å². The fraction of sp³-hybridized carbons (Fsp3) is 0.571. The van der Waals surface area contributed by atoms with Gasteiger partial charge in [-0.15, -0.1) is 0 Å². The SMILES string of the molecule is CCNCC(NC)c1cc(C)c(C)cc1OC. The zero-order valence-corrected chi connectivity index (χ0v) is 11.6. The second-order valence-corrected chi connectivity index (χ2v) is 4.33. The number of rotatable bonds is 6. The molecule has 0 aliphatic carbocycles. The van der Waals surface area contributed by atoms with Gasteiger partial charge in [-0.2, -0.15) is 0 Å². The van der Waals surface area contributed by atoms with Gasteiger partial charge in [0, 0.05) is 18.2 Å². The molecule has 0 aromatic heterocycles. The van der Waals surface area contributed by atoms with Crippen molar-refractivity contribution in [2.45, 2.75) is 26.8 Å². The van der Waals surface area contributed by atoms with Crippen LogP contribution in [0.4, 0.5) is 0 Å². The Labute approximate surface area is 105 Å². The number of likely N-dealkylation sites (N-methyl/N-ethyl adjacent to an activating group) is 2. The van der Waals surface area contributed by atoms with Gasteiger partial charge in [-0.1, -0.05) is 13.0 Å². The Morgan fingerprint density at radius 3 is 2.41 bits per heavy atom. The van der Waals surface area contributed by atoms with Crippen molar-refractivity contribution in [2.75, 3.05) is 27.2 Å². The normalized spacial score (nSPS) is 12.5. The molecule has 17 heavy (non-hydrogen) atoms. The summed E-state index contributed by atoms with van der Waals surface area (Å²) >= 11 is 0. The lowest BCUT2D eigenvalue weighted by atomic mass is 9.99. The second kappa shape index (κ2) is 6.62. The van der Waals surface area contributed by atoms with Gasteiger partial charge in [0.2, 0.25) is 0 Å². The van der Waals surface area contributed by atoms with Crippen molar-refractivity contribution < 1.29 is 4.74 Å². The van der Waals surface area contributed by atoms with E-state index in [2.05, 4.69) is 43.5 Å². The fourth-order valence-electron chi connectivity index (χ4n) is 1.92. The van der Waals surface area contributed by atoms with Crippen molar-refractivity contribution in [3.05, 3.63) is 28.8 Å². The van der Waals surface area contributed by atoms with Crippen LogP contribution in [0, 0.1) is 13.8 Å². The zero-order valence-electron chi connectivity index (χ0n) is 11.6. The van der Waals surface area contributed by atoms with Gasteiger partial charge >= 0.3 is 0 Å². The summed E-state index contributed by atoms with van der Waals surface area (Å²) in [6.45, 7) is 8.25. The lowest BCUT2D eigenvalue weighted by molar-refractivity contribution is 0.399. The predicted octanol–water partition coefficient (Wildman–Crippen LogP) is 2.18. The van der Waals surface area contributed by atoms with Gasteiger partial charge in [0.05, 0.1) is 7.11 Å². The highest BCUT2D eigenvalue weighted by atomic mass is 16.5. The van der Waals surface area contributed by atoms with Crippen LogP contribution >= 0.6 is 0 Å². The van der Waals surface area contributed by atoms with Crippen molar-refractivity contribution >= 4 is 0 Å². The van der Waals surface area contributed by atoms with Crippen LogP contribution in [0.1, 0.15) is 29.7 Å². The maximum atomic E-state index is 5.48. The molecule has 1 unspecified atom stereocenters. The standard InChI is InChI=1S/C14H24N2O/c1-6-16-9-13(15-4)12-7-10(2)11(3)8-14(12)17-5/h7-8,13,15-16H,6,9H2,1-5H3. The van der Waals surface area contributed by atoms with E-state index < -0.39 is 0 Å². The first kappa shape index (κ1) is 14.0. The summed E-state index contributed by atoms with van der Waals surface area (Å²) < 4.78 is 5.48. The lowest BCUT2D eigenvalue weighted by Crippen LogP contribution is -2.29. The van der Waals surface area contributed by atoms with Crippen molar-refractivity contribution in [2.24, 2.45) is 0 Å². The number of benzene rings is 1. The molecule has 0 aliphatic rings. The predicted molar refractivity (Wildman–Crippen MR) is 72.8 cm³/mol. The third kappa shape index (κ3) is 3.45. The van der Waals surface area contributed by atoms with Crippen LogP contribution in [0.2, 0.25) is 0 Å². The highest BCUT2D eigenvalue weighted by Gasteiger charge is 2.15. The third-order valence-corrected chi connectivity index (χ3v) is 3.17. The Morgan fingerprint density at radius 1 is 1.24 bits per heavy atom. The fourth-order valence-corrected chi connectivity index (χ4v) is 1.92. The summed E-state index contributed by atoms with van der Waals surface area (Å²) in [5.74, 6) is 0.963. The molecule has 0 fully saturated rings. The first-order valence-electron chi connectivity index (χ1n) is 6.17. The molecule has 0 aliphatic heterocycles. The second-order valence-electron chi connectivity index (χ2n) is 4.33. The van der Waals surface area contributed by atoms with Gasteiger partial charge in [-0.05, 0) is 44.6 Å². The molecule has 0 saturated carbocycles. The van der Waals surface area contributed by atoms with Gasteiger partial charge in [-0.3, -0.25) is 0 Å². The maximum absolute atomic E-state index is 5.48. The molecule has 1 aromatic carbocycles. The molecular formula is C14H24N2O. The highest BCUT2D eigenvalue weighted by Crippen LogP contribution is 2.28. The van der Waals surface area contributed by atoms with Crippen LogP contribution in [0.3, 0.4) is 0 Å². The number of hydrogen-bond acceptors (Lipinski definition) is 3. The molecule has 1 rings (SSSR count). The topological polar surface area (TPSA) is 33.3 Å². The minimum atomic E-state index is 0.282. The molecular weight excluding hydrogens is 212 g/mol. The van der Waals surface area contributed by atoms with E-state index in [9.17, 15) is 0 Å². The number of hydrogen-bond donors (Lipinski definition) is 2. The number of methoxy groups -OCH3 is 1. The van der Waals surface area contributed by atoms with Gasteiger partial charge in [0.1, 0.15) is 5.75 Å². The van der Waals surface area contributed by atoms with Crippen LogP contribution in [0.15, 0.2) is 12.1 Å². The van der Waals surface area contributed by atoms with E-state index in [0.717, 1.165) is 18.8 Å². The van der Waals surface area contributed by atoms with Crippen molar-refractivity contribution in [1.29, 1.82) is 0 Å². The smallest absolute Gasteiger partial charge is 0.123 e. The molecule has 0 saturated heterocycles. The van der Waals surface area contributed by atoms with Crippen LogP contribution in [0.25, 0.3) is 0 Å². The Bertz CT molecular complexity index is 363. The summed E-state index contributed by atoms with van der Waals surface area (Å²) in [4.78, 5) is 0. The van der Waals surface area contributed by atoms with E-state index in [-0.39, 0.29) is 6.04 Å². The number of nitrogens with one attached hydrogen (secondary N) is 2. The average molecular weight is 236 g/mol. The van der Waals surface area contributed by atoms with Gasteiger partial charge in [0.15, 0.2) is 0 Å². The summed E-state index contributed by atoms with van der Waals surface area (Å²) in [5, 5.41) is 6.70. The summed E-state index contributed by atoms with van der Waals surface area (Å²) in [6, 6.07) is 4.61. The minimum absolute atomic E-state index is 0.282. The quantitative estimate of drug-likeness (QED) is 0.794. The van der Waals surface area contributed by atoms with E-state index in [0.29, 0.717) is 0 Å². The van der Waals surface area contributed by atoms with E-state index in [1.54, 1.807) is 7.11 Å². The first-order valence-corrected chi connectivity index (χ1v) is 6.17. The van der Waals surface area contributed by atoms with Crippen LogP contribution < -0.4 is 15.4 Å². The highest BCUT2D eigenvalue weighted by molar-refractivity contribution is 5.43. The molecule has 3 heteroatoms. The van der Waals surface area contributed by atoms with Crippen molar-refractivity contribution in [3.63, 3.8) is 0 Å². The summed E-state index contributed by atoms with van der Waals surface area (Å²) in [5.41, 5.74) is 3.79. The van der Waals surface area contributed by atoms with Gasteiger partial charge < -0.3 is 15.4 Å². The molecule has 0 amide bonds. The summed E-state index contributed by atoms with van der Waals surface area (Å²) in [6.07, 6.45) is 0. The first-order chi connectivity index (χ1) is 8.13. The molecule has 3 nitrogen and oxygen atoms in total. The molecule has 0 heterocycles. The molecule has 1 aromatic rings. The van der Waals surface area contributed by atoms with E-state index in [1.807, 2.05) is 7.05 Å². The monoisotopic (exact) mass is 236 g/mol. The average Bonchev–Trinajstić information content (AvgIpc) is 2.34. The molecule has 96 valence electrons. The Balaban J connectivity index is 3.04. The zero-order chi connectivity index (χ0) is 12.8. The number of aryl methyl sites for hydroxylation is 2. The molecule has 0 spiro atoms. The Morgan fingerprint density at radius 2 is 1.88 bits per heavy atom. The van der Waals surface area contributed by atoms with Crippen LogP contribution in [-0.2, 0) is 0 Å². The molecule has 0 bridgehead atoms. The van der Waals surface area contributed by atoms with E-state index in [4.69, 9.17) is 4.74 Å². The Kier molecular flexibility index (Phi) is 5.45. The molecule has 2 N–H and O–H groups in total. The maximum Gasteiger partial charge on any atom is 0.123 e. The minimum Gasteiger partial charge on any atom is -0.496 e. The lowest BCUT2D eigenvalue weighted by Gasteiger charge is -2.21. The van der Waals surface area contributed by atoms with Crippen LogP contribution in [-0.4, -0.2) is 27.2 Å². The summed E-state index contributed by atoms with van der Waals surface area (Å²) in [7, 11) is 3.71. The molecule has 0 radical (unpaired) electrons. The van der Waals surface area contributed by atoms with Crippen molar-refractivity contribution in [1.82, 2.24) is 10.6 Å². The Hall–Kier alpha value is -1.06. The van der Waals surface area contributed by atoms with E-state index >= 15 is 0 Å². The third-order valence-electron chi connectivity index (χ3n) is 3.17. The molecule has 1 atom stereocenters. The van der Waals surface area contributed by atoms with Crippen LogP contribution in [0.5, 0.6) is 5.75 Å². The van der Waals surface area contributed by atoms with Gasteiger partial charge in [-0.25, -0.2) is 0 Å². The largest absolute Gasteiger partial charge is 0.496 e. The van der Waals surface area contributed by atoms with E-state index in [1.165, 1.54) is 16.7 Å². The number of ether oxygens (including phenoxy) is 1. The van der Waals surface area contributed by atoms with Gasteiger partial charge in [0.25, 0.3) is 0 Å².